The summed E-state index contributed by atoms with van der Waals surface area (Å²) in [6, 6.07) is 2.55. The zero-order chi connectivity index (χ0) is 13.8. The molecule has 0 spiro atoms. The van der Waals surface area contributed by atoms with Gasteiger partial charge in [-0.2, -0.15) is 0 Å². The molecule has 1 heterocycles. The predicted molar refractivity (Wildman–Crippen MR) is 67.4 cm³/mol. The van der Waals surface area contributed by atoms with E-state index in [1.165, 1.54) is 6.07 Å². The Bertz CT molecular complexity index is 474. The third kappa shape index (κ3) is 3.20. The molecular formula is C13H16F2N2O2. The molecule has 1 atom stereocenters. The van der Waals surface area contributed by atoms with Crippen molar-refractivity contribution in [3.8, 4) is 0 Å². The molecule has 1 aromatic rings. The number of carboxylic acids is 1. The van der Waals surface area contributed by atoms with Gasteiger partial charge in [-0.3, -0.25) is 0 Å². The largest absolute Gasteiger partial charge is 0.478 e. The quantitative estimate of drug-likeness (QED) is 0.785. The maximum atomic E-state index is 13.7. The summed E-state index contributed by atoms with van der Waals surface area (Å²) in [5, 5.41) is 14.8. The molecule has 104 valence electrons. The Labute approximate surface area is 109 Å². The van der Waals surface area contributed by atoms with E-state index in [2.05, 4.69) is 10.6 Å². The minimum atomic E-state index is -1.48. The minimum Gasteiger partial charge on any atom is -0.478 e. The number of hydrogen-bond donors (Lipinski definition) is 3. The number of benzene rings is 1. The predicted octanol–water partition coefficient (Wildman–Crippen LogP) is 2.22. The van der Waals surface area contributed by atoms with Gasteiger partial charge >= 0.3 is 5.97 Å². The first-order valence-electron chi connectivity index (χ1n) is 6.28. The topological polar surface area (TPSA) is 61.4 Å². The van der Waals surface area contributed by atoms with E-state index >= 15 is 0 Å². The number of anilines is 1. The van der Waals surface area contributed by atoms with Gasteiger partial charge in [-0.15, -0.1) is 0 Å². The van der Waals surface area contributed by atoms with Crippen molar-refractivity contribution in [2.24, 2.45) is 0 Å². The smallest absolute Gasteiger partial charge is 0.338 e. The van der Waals surface area contributed by atoms with E-state index in [1.54, 1.807) is 0 Å². The third-order valence-corrected chi connectivity index (χ3v) is 3.26. The van der Waals surface area contributed by atoms with E-state index in [1.807, 2.05) is 0 Å². The van der Waals surface area contributed by atoms with Gasteiger partial charge in [0.05, 0.1) is 11.3 Å². The molecule has 1 aliphatic heterocycles. The van der Waals surface area contributed by atoms with Gasteiger partial charge in [0, 0.05) is 12.6 Å². The number of nitrogens with one attached hydrogen (secondary N) is 2. The Balaban J connectivity index is 2.04. The molecule has 19 heavy (non-hydrogen) atoms. The van der Waals surface area contributed by atoms with Crippen molar-refractivity contribution in [3.05, 3.63) is 29.3 Å². The zero-order valence-electron chi connectivity index (χ0n) is 10.4. The van der Waals surface area contributed by atoms with Crippen LogP contribution in [0, 0.1) is 11.6 Å². The molecule has 0 amide bonds. The summed E-state index contributed by atoms with van der Waals surface area (Å²) < 4.78 is 27.1. The van der Waals surface area contributed by atoms with E-state index in [4.69, 9.17) is 5.11 Å². The highest BCUT2D eigenvalue weighted by molar-refractivity contribution is 5.88. The van der Waals surface area contributed by atoms with E-state index < -0.39 is 23.2 Å². The maximum Gasteiger partial charge on any atom is 0.338 e. The summed E-state index contributed by atoms with van der Waals surface area (Å²) in [5.41, 5.74) is -0.659. The zero-order valence-corrected chi connectivity index (χ0v) is 10.4. The molecule has 0 aromatic heterocycles. The Morgan fingerprint density at radius 1 is 1.37 bits per heavy atom. The second kappa shape index (κ2) is 5.97. The molecule has 1 fully saturated rings. The lowest BCUT2D eigenvalue weighted by Gasteiger charge is -2.24. The van der Waals surface area contributed by atoms with Gasteiger partial charge in [-0.25, -0.2) is 13.6 Å². The van der Waals surface area contributed by atoms with Gasteiger partial charge in [0.2, 0.25) is 0 Å². The van der Waals surface area contributed by atoms with Gasteiger partial charge in [-0.05, 0) is 31.5 Å². The Hall–Kier alpha value is -1.69. The van der Waals surface area contributed by atoms with Crippen LogP contribution in [0.2, 0.25) is 0 Å². The molecule has 1 aromatic carbocycles. The van der Waals surface area contributed by atoms with Crippen molar-refractivity contribution in [2.75, 3.05) is 18.4 Å². The van der Waals surface area contributed by atoms with Crippen LogP contribution in [0.1, 0.15) is 29.6 Å². The fourth-order valence-corrected chi connectivity index (χ4v) is 2.18. The molecule has 3 N–H and O–H groups in total. The van der Waals surface area contributed by atoms with Crippen LogP contribution in [0.3, 0.4) is 0 Å². The van der Waals surface area contributed by atoms with Crippen LogP contribution in [0.15, 0.2) is 12.1 Å². The highest BCUT2D eigenvalue weighted by Gasteiger charge is 2.19. The number of rotatable bonds is 4. The van der Waals surface area contributed by atoms with Crippen LogP contribution in [0.25, 0.3) is 0 Å². The van der Waals surface area contributed by atoms with Gasteiger partial charge in [0.15, 0.2) is 11.6 Å². The molecule has 1 saturated heterocycles. The molecule has 4 nitrogen and oxygen atoms in total. The van der Waals surface area contributed by atoms with Crippen molar-refractivity contribution < 1.29 is 18.7 Å². The summed E-state index contributed by atoms with van der Waals surface area (Å²) in [7, 11) is 0. The first kappa shape index (κ1) is 13.7. The first-order chi connectivity index (χ1) is 9.09. The fraction of sp³-hybridized carbons (Fsp3) is 0.462. The van der Waals surface area contributed by atoms with Crippen LogP contribution in [-0.4, -0.2) is 30.2 Å². The number of carbonyl (C=O) groups is 1. The van der Waals surface area contributed by atoms with Gasteiger partial charge in [-0.1, -0.05) is 6.42 Å². The molecule has 2 rings (SSSR count). The van der Waals surface area contributed by atoms with E-state index in [0.717, 1.165) is 31.9 Å². The van der Waals surface area contributed by atoms with Crippen molar-refractivity contribution in [1.29, 1.82) is 0 Å². The third-order valence-electron chi connectivity index (χ3n) is 3.26. The van der Waals surface area contributed by atoms with Crippen molar-refractivity contribution in [1.82, 2.24) is 5.32 Å². The van der Waals surface area contributed by atoms with E-state index in [9.17, 15) is 13.6 Å². The average Bonchev–Trinajstić information content (AvgIpc) is 2.41. The highest BCUT2D eigenvalue weighted by Crippen LogP contribution is 2.21. The monoisotopic (exact) mass is 270 g/mol. The summed E-state index contributed by atoms with van der Waals surface area (Å²) in [6.45, 7) is 1.42. The Morgan fingerprint density at radius 2 is 2.16 bits per heavy atom. The normalized spacial score (nSPS) is 19.2. The maximum absolute atomic E-state index is 13.7. The van der Waals surface area contributed by atoms with Crippen LogP contribution in [0.4, 0.5) is 14.5 Å². The van der Waals surface area contributed by atoms with Crippen LogP contribution >= 0.6 is 0 Å². The number of halogens is 2. The van der Waals surface area contributed by atoms with Gasteiger partial charge in [0.1, 0.15) is 0 Å². The summed E-state index contributed by atoms with van der Waals surface area (Å²) >= 11 is 0. The summed E-state index contributed by atoms with van der Waals surface area (Å²) in [5.74, 6) is -3.94. The molecule has 1 aliphatic rings. The van der Waals surface area contributed by atoms with Crippen molar-refractivity contribution in [2.45, 2.75) is 25.3 Å². The molecule has 0 saturated carbocycles. The second-order valence-corrected chi connectivity index (χ2v) is 4.62. The standard InChI is InChI=1S/C13H16F2N2O2/c14-11-9(13(18)19)4-5-10(12(11)15)17-7-8-3-1-2-6-16-8/h4-5,8,16-17H,1-3,6-7H2,(H,18,19). The number of carboxylic acid groups (broad SMARTS) is 1. The fourth-order valence-electron chi connectivity index (χ4n) is 2.18. The van der Waals surface area contributed by atoms with E-state index in [0.29, 0.717) is 6.54 Å². The Kier molecular flexibility index (Phi) is 4.31. The van der Waals surface area contributed by atoms with Crippen molar-refractivity contribution in [3.63, 3.8) is 0 Å². The van der Waals surface area contributed by atoms with Gasteiger partial charge in [0.25, 0.3) is 0 Å². The molecule has 0 radical (unpaired) electrons. The van der Waals surface area contributed by atoms with Crippen LogP contribution < -0.4 is 10.6 Å². The van der Waals surface area contributed by atoms with Crippen molar-refractivity contribution >= 4 is 11.7 Å². The van der Waals surface area contributed by atoms with Crippen LogP contribution in [0.5, 0.6) is 0 Å². The molecule has 0 bridgehead atoms. The summed E-state index contributed by atoms with van der Waals surface area (Å²) in [6.07, 6.45) is 3.24. The van der Waals surface area contributed by atoms with Gasteiger partial charge < -0.3 is 15.7 Å². The molecule has 0 aliphatic carbocycles. The average molecular weight is 270 g/mol. The lowest BCUT2D eigenvalue weighted by Crippen LogP contribution is -2.39. The number of hydrogen-bond acceptors (Lipinski definition) is 3. The lowest BCUT2D eigenvalue weighted by molar-refractivity contribution is 0.0690. The lowest BCUT2D eigenvalue weighted by atomic mass is 10.0. The highest BCUT2D eigenvalue weighted by atomic mass is 19.2. The number of aromatic carboxylic acids is 1. The Morgan fingerprint density at radius 3 is 2.79 bits per heavy atom. The second-order valence-electron chi connectivity index (χ2n) is 4.62. The summed E-state index contributed by atoms with van der Waals surface area (Å²) in [4.78, 5) is 10.7. The molecule has 1 unspecified atom stereocenters. The molecular weight excluding hydrogens is 254 g/mol. The molecule has 6 heteroatoms. The number of piperidine rings is 1. The van der Waals surface area contributed by atoms with E-state index in [-0.39, 0.29) is 11.7 Å². The first-order valence-corrected chi connectivity index (χ1v) is 6.28. The van der Waals surface area contributed by atoms with Crippen LogP contribution in [-0.2, 0) is 0 Å². The minimum absolute atomic E-state index is 0.00475. The SMILES string of the molecule is O=C(O)c1ccc(NCC2CCCCN2)c(F)c1F.